The second kappa shape index (κ2) is 78.9. The molecule has 0 saturated carbocycles. The van der Waals surface area contributed by atoms with Gasteiger partial charge in [0.1, 0.15) is 6.61 Å². The number of hydrogen-bond acceptors (Lipinski definition) is 8. The third kappa shape index (κ3) is 78.8. The van der Waals surface area contributed by atoms with Crippen LogP contribution in [0.4, 0.5) is 0 Å². The fraction of sp³-hybridized carbons (Fsp3) is 0.694. The fourth-order valence-electron chi connectivity index (χ4n) is 11.0. The van der Waals surface area contributed by atoms with E-state index in [1.807, 2.05) is 0 Å². The van der Waals surface area contributed by atoms with Gasteiger partial charge in [0.2, 0.25) is 0 Å². The molecule has 0 aliphatic rings. The number of phosphoric ester groups is 1. The van der Waals surface area contributed by atoms with Crippen molar-refractivity contribution in [1.82, 2.24) is 0 Å². The third-order valence-corrected chi connectivity index (χ3v) is 17.7. The second-order valence-corrected chi connectivity index (χ2v) is 27.3. The van der Waals surface area contributed by atoms with Crippen molar-refractivity contribution in [3.05, 3.63) is 146 Å². The van der Waals surface area contributed by atoms with E-state index >= 15 is 0 Å². The minimum atomic E-state index is -4.40. The van der Waals surface area contributed by atoms with Crippen LogP contribution in [0.2, 0.25) is 0 Å². The van der Waals surface area contributed by atoms with E-state index in [1.165, 1.54) is 199 Å². The number of allylic oxidation sites excluding steroid dienone is 24. The molecule has 9 nitrogen and oxygen atoms in total. The van der Waals surface area contributed by atoms with Gasteiger partial charge in [-0.25, -0.2) is 4.57 Å². The standard InChI is InChI=1S/C85H146NO8P/c1-3-5-7-9-11-13-15-17-19-21-23-25-27-29-31-33-35-37-38-39-40-41-42-43-44-46-48-50-52-54-56-58-60-62-64-66-68-70-72-74-76-78-85(88)94-83(82-93-95(89,90)92-80-79-86)81-91-84(87)77-75-73-71-69-67-65-63-61-59-57-55-53-51-49-47-45-36-34-32-30-28-26-24-22-20-18-16-14-12-10-8-6-4-2/h5-8,11-14,17-20,23-26,29-32,35,37,39-40,83H,3-4,9-10,15-16,21-22,27-28,33-34,36,38,41-82,86H2,1-2H3,(H,89,90)/b7-5-,8-6-,13-11-,14-12-,19-17-,20-18-,25-23-,26-24-,31-29-,32-30-,37-35-,40-39-. The average molecular weight is 1340 g/mol. The molecule has 0 amide bonds. The molecule has 95 heavy (non-hydrogen) atoms. The first-order valence-electron chi connectivity index (χ1n) is 39.3. The molecule has 0 aromatic rings. The van der Waals surface area contributed by atoms with E-state index < -0.39 is 26.5 Å². The smallest absolute Gasteiger partial charge is 0.462 e. The summed E-state index contributed by atoms with van der Waals surface area (Å²) in [7, 11) is -4.40. The van der Waals surface area contributed by atoms with Gasteiger partial charge in [-0.3, -0.25) is 18.6 Å². The number of hydrogen-bond donors (Lipinski definition) is 2. The summed E-state index contributed by atoms with van der Waals surface area (Å²) in [4.78, 5) is 35.5. The van der Waals surface area contributed by atoms with Gasteiger partial charge in [-0.15, -0.1) is 0 Å². The van der Waals surface area contributed by atoms with Gasteiger partial charge >= 0.3 is 19.8 Å². The first kappa shape index (κ1) is 90.9. The molecule has 0 spiro atoms. The van der Waals surface area contributed by atoms with Crippen LogP contribution in [0.15, 0.2) is 146 Å². The minimum absolute atomic E-state index is 0.0505. The molecule has 0 aromatic carbocycles. The Hall–Kier alpha value is -4.11. The Bertz CT molecular complexity index is 2080. The predicted octanol–water partition coefficient (Wildman–Crippen LogP) is 26.5. The van der Waals surface area contributed by atoms with Gasteiger partial charge in [-0.1, -0.05) is 365 Å². The molecule has 0 aliphatic heterocycles. The lowest BCUT2D eigenvalue weighted by Crippen LogP contribution is -2.29. The Labute approximate surface area is 586 Å². The predicted molar refractivity (Wildman–Crippen MR) is 413 cm³/mol. The first-order valence-corrected chi connectivity index (χ1v) is 40.8. The molecule has 0 heterocycles. The molecule has 0 bridgehead atoms. The van der Waals surface area contributed by atoms with Crippen LogP contribution in [0.5, 0.6) is 0 Å². The van der Waals surface area contributed by atoms with Crippen LogP contribution in [0.25, 0.3) is 0 Å². The van der Waals surface area contributed by atoms with Crippen LogP contribution < -0.4 is 5.73 Å². The highest BCUT2D eigenvalue weighted by Crippen LogP contribution is 2.43. The largest absolute Gasteiger partial charge is 0.472 e. The normalized spacial score (nSPS) is 13.7. The van der Waals surface area contributed by atoms with Crippen LogP contribution in [-0.2, 0) is 32.7 Å². The van der Waals surface area contributed by atoms with Crippen molar-refractivity contribution in [3.8, 4) is 0 Å². The molecular weight excluding hydrogens is 1190 g/mol. The van der Waals surface area contributed by atoms with Gasteiger partial charge < -0.3 is 20.1 Å². The highest BCUT2D eigenvalue weighted by Gasteiger charge is 2.26. The van der Waals surface area contributed by atoms with Crippen molar-refractivity contribution in [2.75, 3.05) is 26.4 Å². The van der Waals surface area contributed by atoms with Gasteiger partial charge in [-0.2, -0.15) is 0 Å². The molecule has 2 unspecified atom stereocenters. The summed E-state index contributed by atoms with van der Waals surface area (Å²) in [5, 5.41) is 0. The van der Waals surface area contributed by atoms with E-state index in [0.717, 1.165) is 116 Å². The molecule has 2 atom stereocenters. The molecule has 0 rings (SSSR count). The summed E-state index contributed by atoms with van der Waals surface area (Å²) < 4.78 is 33.3. The Morgan fingerprint density at radius 2 is 0.547 bits per heavy atom. The van der Waals surface area contributed by atoms with Crippen LogP contribution in [0.3, 0.4) is 0 Å². The Balaban J connectivity index is 3.82. The molecule has 3 N–H and O–H groups in total. The van der Waals surface area contributed by atoms with Gasteiger partial charge in [0.15, 0.2) is 6.10 Å². The molecule has 544 valence electrons. The molecule has 0 saturated heterocycles. The maximum atomic E-state index is 12.8. The number of nitrogens with two attached hydrogens (primary N) is 1. The van der Waals surface area contributed by atoms with Crippen molar-refractivity contribution in [1.29, 1.82) is 0 Å². The summed E-state index contributed by atoms with van der Waals surface area (Å²) in [6.07, 6.45) is 114. The monoisotopic (exact) mass is 1340 g/mol. The lowest BCUT2D eigenvalue weighted by atomic mass is 10.0. The maximum absolute atomic E-state index is 12.8. The van der Waals surface area contributed by atoms with E-state index in [-0.39, 0.29) is 38.6 Å². The van der Waals surface area contributed by atoms with Crippen molar-refractivity contribution in [2.24, 2.45) is 5.73 Å². The summed E-state index contributed by atoms with van der Waals surface area (Å²) >= 11 is 0. The van der Waals surface area contributed by atoms with Crippen molar-refractivity contribution >= 4 is 19.8 Å². The highest BCUT2D eigenvalue weighted by molar-refractivity contribution is 7.47. The Kier molecular flexibility index (Phi) is 75.5. The van der Waals surface area contributed by atoms with Crippen LogP contribution in [0, 0.1) is 0 Å². The minimum Gasteiger partial charge on any atom is -0.462 e. The summed E-state index contributed by atoms with van der Waals surface area (Å²) in [6.45, 7) is 3.55. The molecule has 0 aromatic heterocycles. The number of carbonyl (C=O) groups excluding carboxylic acids is 2. The van der Waals surface area contributed by atoms with Crippen molar-refractivity contribution < 1.29 is 37.6 Å². The molecular formula is C85H146NO8P. The number of rotatable bonds is 73. The van der Waals surface area contributed by atoms with Crippen LogP contribution >= 0.6 is 7.82 Å². The van der Waals surface area contributed by atoms with Crippen molar-refractivity contribution in [3.63, 3.8) is 0 Å². The number of ether oxygens (including phenoxy) is 2. The zero-order valence-electron chi connectivity index (χ0n) is 61.4. The molecule has 0 radical (unpaired) electrons. The summed E-state index contributed by atoms with van der Waals surface area (Å²) in [6, 6.07) is 0. The number of carbonyl (C=O) groups is 2. The molecule has 0 fully saturated rings. The van der Waals surface area contributed by atoms with Crippen molar-refractivity contribution in [2.45, 2.75) is 354 Å². The summed E-state index contributed by atoms with van der Waals surface area (Å²) in [5.41, 5.74) is 5.41. The van der Waals surface area contributed by atoms with E-state index in [2.05, 4.69) is 160 Å². The van der Waals surface area contributed by atoms with E-state index in [4.69, 9.17) is 24.3 Å². The van der Waals surface area contributed by atoms with Gasteiger partial charge in [-0.05, 0) is 116 Å². The van der Waals surface area contributed by atoms with Gasteiger partial charge in [0, 0.05) is 19.4 Å². The maximum Gasteiger partial charge on any atom is 0.472 e. The lowest BCUT2D eigenvalue weighted by Gasteiger charge is -2.19. The summed E-state index contributed by atoms with van der Waals surface area (Å²) in [5.74, 6) is -0.817. The third-order valence-electron chi connectivity index (χ3n) is 16.7. The Morgan fingerprint density at radius 1 is 0.316 bits per heavy atom. The second-order valence-electron chi connectivity index (χ2n) is 25.8. The van der Waals surface area contributed by atoms with E-state index in [9.17, 15) is 19.0 Å². The topological polar surface area (TPSA) is 134 Å². The number of phosphoric acid groups is 1. The fourth-order valence-corrected chi connectivity index (χ4v) is 11.8. The molecule has 10 heteroatoms. The zero-order valence-corrected chi connectivity index (χ0v) is 62.3. The highest BCUT2D eigenvalue weighted by atomic mass is 31.2. The number of unbranched alkanes of at least 4 members (excludes halogenated alkanes) is 36. The number of esters is 2. The zero-order chi connectivity index (χ0) is 68.6. The Morgan fingerprint density at radius 3 is 0.811 bits per heavy atom. The van der Waals surface area contributed by atoms with Crippen LogP contribution in [-0.4, -0.2) is 49.3 Å². The van der Waals surface area contributed by atoms with E-state index in [1.54, 1.807) is 0 Å². The SMILES string of the molecule is CC/C=C\C/C=C\C/C=C\C/C=C\C/C=C\C/C=C\C/C=C\CCCCCCCCCCCCCCCCCCCCCC(=O)OC(COC(=O)CCCCCCCCCCCCCCCCCCC/C=C\C/C=C\C/C=C\C/C=C\C/C=C\CC)COP(=O)(O)OCCN. The average Bonchev–Trinajstić information content (AvgIpc) is 2.75. The van der Waals surface area contributed by atoms with E-state index in [0.29, 0.717) is 6.42 Å². The first-order chi connectivity index (χ1) is 46.8. The quantitative estimate of drug-likeness (QED) is 0.0264. The van der Waals surface area contributed by atoms with Gasteiger partial charge in [0.05, 0.1) is 13.2 Å². The lowest BCUT2D eigenvalue weighted by molar-refractivity contribution is -0.161. The van der Waals surface area contributed by atoms with Crippen LogP contribution in [0.1, 0.15) is 348 Å². The molecule has 0 aliphatic carbocycles. The van der Waals surface area contributed by atoms with Gasteiger partial charge in [0.25, 0.3) is 0 Å².